The smallest absolute Gasteiger partial charge is 0.200 e. The van der Waals surface area contributed by atoms with E-state index in [0.717, 1.165) is 23.3 Å². The zero-order valence-corrected chi connectivity index (χ0v) is 14.5. The highest BCUT2D eigenvalue weighted by Gasteiger charge is 2.12. The van der Waals surface area contributed by atoms with E-state index in [0.29, 0.717) is 16.5 Å². The van der Waals surface area contributed by atoms with E-state index in [-0.39, 0.29) is 11.2 Å². The van der Waals surface area contributed by atoms with E-state index in [1.165, 1.54) is 24.0 Å². The summed E-state index contributed by atoms with van der Waals surface area (Å²) in [6.07, 6.45) is 4.29. The Balaban J connectivity index is 2.13. The predicted octanol–water partition coefficient (Wildman–Crippen LogP) is 4.68. The zero-order chi connectivity index (χ0) is 18.0. The third-order valence-corrected chi connectivity index (χ3v) is 4.08. The number of fused-ring (bicyclic) bond motifs is 1. The van der Waals surface area contributed by atoms with Crippen molar-refractivity contribution < 1.29 is 14.3 Å². The Morgan fingerprint density at radius 2 is 2.00 bits per heavy atom. The number of rotatable bonds is 4. The van der Waals surface area contributed by atoms with Crippen LogP contribution in [0.15, 0.2) is 63.5 Å². The molecule has 2 aromatic carbocycles. The van der Waals surface area contributed by atoms with E-state index in [1.54, 1.807) is 13.2 Å². The first-order chi connectivity index (χ1) is 12.0. The first kappa shape index (κ1) is 16.8. The third-order valence-electron chi connectivity index (χ3n) is 4.08. The minimum atomic E-state index is -0.125. The summed E-state index contributed by atoms with van der Waals surface area (Å²) in [5.41, 5.74) is 3.73. The lowest BCUT2D eigenvalue weighted by Crippen LogP contribution is -2.05. The maximum atomic E-state index is 12.8. The van der Waals surface area contributed by atoms with Crippen molar-refractivity contribution >= 4 is 11.0 Å². The van der Waals surface area contributed by atoms with Crippen LogP contribution in [0.3, 0.4) is 0 Å². The number of phenols is 1. The molecule has 0 aliphatic carbocycles. The van der Waals surface area contributed by atoms with Crippen molar-refractivity contribution in [3.05, 3.63) is 70.1 Å². The van der Waals surface area contributed by atoms with Gasteiger partial charge in [-0.25, -0.2) is 0 Å². The van der Waals surface area contributed by atoms with Crippen molar-refractivity contribution in [3.8, 4) is 22.6 Å². The number of methoxy groups -OCH3 is 1. The normalized spacial score (nSPS) is 10.7. The fourth-order valence-corrected chi connectivity index (χ4v) is 2.74. The van der Waals surface area contributed by atoms with Crippen LogP contribution in [-0.4, -0.2) is 12.2 Å². The average Bonchev–Trinajstić information content (AvgIpc) is 2.60. The topological polar surface area (TPSA) is 59.7 Å². The van der Waals surface area contributed by atoms with Crippen LogP contribution in [0, 0.1) is 0 Å². The van der Waals surface area contributed by atoms with Gasteiger partial charge in [-0.15, -0.1) is 0 Å². The number of phenolic OH excluding ortho intramolecular Hbond substituents is 1. The van der Waals surface area contributed by atoms with Crippen LogP contribution in [0.25, 0.3) is 22.1 Å². The Bertz CT molecular complexity index is 1010. The molecule has 0 spiro atoms. The molecule has 4 heteroatoms. The first-order valence-electron chi connectivity index (χ1n) is 8.05. The van der Waals surface area contributed by atoms with Gasteiger partial charge in [0, 0.05) is 6.07 Å². The van der Waals surface area contributed by atoms with Crippen LogP contribution in [-0.2, 0) is 6.42 Å². The Morgan fingerprint density at radius 1 is 1.20 bits per heavy atom. The van der Waals surface area contributed by atoms with Gasteiger partial charge in [-0.3, -0.25) is 4.79 Å². The van der Waals surface area contributed by atoms with Crippen LogP contribution in [0.1, 0.15) is 19.4 Å². The summed E-state index contributed by atoms with van der Waals surface area (Å²) in [5, 5.41) is 9.97. The summed E-state index contributed by atoms with van der Waals surface area (Å²) in [6, 6.07) is 10.2. The van der Waals surface area contributed by atoms with Crippen LogP contribution >= 0.6 is 0 Å². The summed E-state index contributed by atoms with van der Waals surface area (Å²) in [7, 11) is 1.64. The monoisotopic (exact) mass is 336 g/mol. The Morgan fingerprint density at radius 3 is 2.72 bits per heavy atom. The summed E-state index contributed by atoms with van der Waals surface area (Å²) >= 11 is 0. The van der Waals surface area contributed by atoms with Crippen LogP contribution in [0.5, 0.6) is 11.5 Å². The minimum Gasteiger partial charge on any atom is -0.508 e. The van der Waals surface area contributed by atoms with Crippen LogP contribution in [0.4, 0.5) is 0 Å². The second kappa shape index (κ2) is 6.85. The third kappa shape index (κ3) is 3.43. The molecule has 1 aromatic heterocycles. The van der Waals surface area contributed by atoms with Gasteiger partial charge in [-0.05, 0) is 55.7 Å². The molecule has 3 aromatic rings. The number of allylic oxidation sites excluding steroid dienone is 2. The van der Waals surface area contributed by atoms with Crippen molar-refractivity contribution in [2.75, 3.05) is 7.11 Å². The van der Waals surface area contributed by atoms with E-state index in [2.05, 4.69) is 6.08 Å². The second-order valence-corrected chi connectivity index (χ2v) is 6.17. The lowest BCUT2D eigenvalue weighted by Gasteiger charge is -2.10. The lowest BCUT2D eigenvalue weighted by atomic mass is 10.0. The second-order valence-electron chi connectivity index (χ2n) is 6.17. The summed E-state index contributed by atoms with van der Waals surface area (Å²) < 4.78 is 11.0. The highest BCUT2D eigenvalue weighted by Crippen LogP contribution is 2.28. The SMILES string of the molecule is COc1ccc(-c2coc3cc(O)ccc3c2=O)cc1CC=C(C)C. The molecule has 0 aliphatic heterocycles. The molecule has 0 fully saturated rings. The largest absolute Gasteiger partial charge is 0.508 e. The van der Waals surface area contributed by atoms with E-state index < -0.39 is 0 Å². The van der Waals surface area contributed by atoms with E-state index in [1.807, 2.05) is 32.0 Å². The maximum Gasteiger partial charge on any atom is 0.200 e. The quantitative estimate of drug-likeness (QED) is 0.703. The standard InChI is InChI=1S/C21H20O4/c1-13(2)4-5-15-10-14(6-9-19(15)24-3)18-12-25-20-11-16(22)7-8-17(20)21(18)23/h4,6-12,22H,5H2,1-3H3. The minimum absolute atomic E-state index is 0.0665. The molecular formula is C21H20O4. The van der Waals surface area contributed by atoms with Gasteiger partial charge in [0.1, 0.15) is 23.3 Å². The summed E-state index contributed by atoms with van der Waals surface area (Å²) in [5.74, 6) is 0.855. The lowest BCUT2D eigenvalue weighted by molar-refractivity contribution is 0.411. The average molecular weight is 336 g/mol. The van der Waals surface area contributed by atoms with Crippen molar-refractivity contribution in [1.82, 2.24) is 0 Å². The molecule has 0 bridgehead atoms. The molecule has 0 aliphatic rings. The van der Waals surface area contributed by atoms with Gasteiger partial charge in [-0.1, -0.05) is 17.7 Å². The van der Waals surface area contributed by atoms with Crippen molar-refractivity contribution in [2.45, 2.75) is 20.3 Å². The molecule has 0 radical (unpaired) electrons. The van der Waals surface area contributed by atoms with Gasteiger partial charge in [0.15, 0.2) is 5.43 Å². The van der Waals surface area contributed by atoms with Gasteiger partial charge in [0.2, 0.25) is 0 Å². The number of hydrogen-bond donors (Lipinski definition) is 1. The molecule has 1 heterocycles. The van der Waals surface area contributed by atoms with Gasteiger partial charge in [0.05, 0.1) is 18.1 Å². The molecule has 0 saturated heterocycles. The maximum absolute atomic E-state index is 12.8. The molecule has 1 N–H and O–H groups in total. The van der Waals surface area contributed by atoms with Crippen molar-refractivity contribution in [3.63, 3.8) is 0 Å². The molecule has 0 atom stereocenters. The van der Waals surface area contributed by atoms with E-state index in [4.69, 9.17) is 9.15 Å². The summed E-state index contributed by atoms with van der Waals surface area (Å²) in [4.78, 5) is 12.8. The Labute approximate surface area is 146 Å². The fraction of sp³-hybridized carbons (Fsp3) is 0.190. The molecular weight excluding hydrogens is 316 g/mol. The van der Waals surface area contributed by atoms with Crippen LogP contribution in [0.2, 0.25) is 0 Å². The number of hydrogen-bond acceptors (Lipinski definition) is 4. The Kier molecular flexibility index (Phi) is 4.61. The van der Waals surface area contributed by atoms with Gasteiger partial charge in [0.25, 0.3) is 0 Å². The van der Waals surface area contributed by atoms with Crippen molar-refractivity contribution in [1.29, 1.82) is 0 Å². The van der Waals surface area contributed by atoms with E-state index >= 15 is 0 Å². The molecule has 25 heavy (non-hydrogen) atoms. The molecule has 0 amide bonds. The number of ether oxygens (including phenoxy) is 1. The summed E-state index contributed by atoms with van der Waals surface area (Å²) in [6.45, 7) is 4.09. The van der Waals surface area contributed by atoms with Crippen LogP contribution < -0.4 is 10.2 Å². The highest BCUT2D eigenvalue weighted by atomic mass is 16.5. The first-order valence-corrected chi connectivity index (χ1v) is 8.05. The number of benzene rings is 2. The molecule has 4 nitrogen and oxygen atoms in total. The molecule has 0 saturated carbocycles. The van der Waals surface area contributed by atoms with Gasteiger partial charge in [-0.2, -0.15) is 0 Å². The molecule has 128 valence electrons. The van der Waals surface area contributed by atoms with E-state index in [9.17, 15) is 9.90 Å². The molecule has 3 rings (SSSR count). The number of aromatic hydroxyl groups is 1. The fourth-order valence-electron chi connectivity index (χ4n) is 2.74. The van der Waals surface area contributed by atoms with Gasteiger partial charge >= 0.3 is 0 Å². The van der Waals surface area contributed by atoms with Gasteiger partial charge < -0.3 is 14.3 Å². The van der Waals surface area contributed by atoms with Crippen molar-refractivity contribution in [2.24, 2.45) is 0 Å². The Hall–Kier alpha value is -3.01. The molecule has 0 unspecified atom stereocenters. The zero-order valence-electron chi connectivity index (χ0n) is 14.5. The predicted molar refractivity (Wildman–Crippen MR) is 99.3 cm³/mol. The highest BCUT2D eigenvalue weighted by molar-refractivity contribution is 5.82.